The molecule has 1 aliphatic carbocycles. The normalized spacial score (nSPS) is 35.6. The summed E-state index contributed by atoms with van der Waals surface area (Å²) >= 11 is 1.97. The van der Waals surface area contributed by atoms with E-state index in [0.29, 0.717) is 6.04 Å². The second-order valence-corrected chi connectivity index (χ2v) is 6.56. The smallest absolute Gasteiger partial charge is 0.0787 e. The Hall–Kier alpha value is 0.270. The molecule has 0 aromatic heterocycles. The zero-order chi connectivity index (χ0) is 10.7. The van der Waals surface area contributed by atoms with Gasteiger partial charge in [0.1, 0.15) is 0 Å². The van der Waals surface area contributed by atoms with Crippen LogP contribution in [0.3, 0.4) is 0 Å². The van der Waals surface area contributed by atoms with Gasteiger partial charge in [-0.3, -0.25) is 0 Å². The maximum Gasteiger partial charge on any atom is 0.0787 e. The van der Waals surface area contributed by atoms with Gasteiger partial charge in [-0.05, 0) is 49.5 Å². The van der Waals surface area contributed by atoms with Crippen molar-refractivity contribution in [2.24, 2.45) is 5.92 Å². The second kappa shape index (κ2) is 5.07. The Labute approximate surface area is 97.2 Å². The fourth-order valence-corrected chi connectivity index (χ4v) is 3.91. The van der Waals surface area contributed by atoms with Crippen LogP contribution in [0, 0.1) is 5.92 Å². The number of thioether (sulfide) groups is 1. The Balaban J connectivity index is 1.72. The molecule has 2 rings (SSSR count). The quantitative estimate of drug-likeness (QED) is 0.776. The minimum Gasteiger partial charge on any atom is -0.389 e. The predicted octanol–water partition coefficient (Wildman–Crippen LogP) is 2.02. The molecule has 2 N–H and O–H groups in total. The average molecular weight is 229 g/mol. The Morgan fingerprint density at radius 2 is 2.07 bits per heavy atom. The second-order valence-electron chi connectivity index (χ2n) is 5.33. The molecule has 1 saturated carbocycles. The van der Waals surface area contributed by atoms with Gasteiger partial charge in [0.25, 0.3) is 0 Å². The van der Waals surface area contributed by atoms with Crippen molar-refractivity contribution >= 4 is 11.8 Å². The minimum absolute atomic E-state index is 0.406. The van der Waals surface area contributed by atoms with Crippen LogP contribution in [-0.4, -0.2) is 34.8 Å². The van der Waals surface area contributed by atoms with Crippen molar-refractivity contribution in [3.05, 3.63) is 0 Å². The van der Waals surface area contributed by atoms with Gasteiger partial charge in [-0.1, -0.05) is 6.92 Å². The van der Waals surface area contributed by atoms with Crippen molar-refractivity contribution < 1.29 is 5.11 Å². The van der Waals surface area contributed by atoms with Gasteiger partial charge in [0.15, 0.2) is 0 Å². The van der Waals surface area contributed by atoms with E-state index in [0.717, 1.165) is 36.8 Å². The van der Waals surface area contributed by atoms with E-state index in [9.17, 15) is 5.11 Å². The topological polar surface area (TPSA) is 32.3 Å². The number of rotatable bonds is 3. The van der Waals surface area contributed by atoms with Crippen LogP contribution < -0.4 is 5.32 Å². The summed E-state index contributed by atoms with van der Waals surface area (Å²) in [5.74, 6) is 3.12. The van der Waals surface area contributed by atoms with E-state index < -0.39 is 5.60 Å². The lowest BCUT2D eigenvalue weighted by molar-refractivity contribution is 0.0297. The molecular formula is C12H23NOS. The molecule has 1 heterocycles. The molecule has 88 valence electrons. The van der Waals surface area contributed by atoms with Gasteiger partial charge in [-0.2, -0.15) is 11.8 Å². The molecule has 2 fully saturated rings. The van der Waals surface area contributed by atoms with Crippen molar-refractivity contribution in [1.82, 2.24) is 5.32 Å². The third-order valence-corrected chi connectivity index (χ3v) is 4.82. The van der Waals surface area contributed by atoms with Crippen molar-refractivity contribution in [1.29, 1.82) is 0 Å². The molecule has 1 saturated heterocycles. The molecule has 2 aliphatic rings. The van der Waals surface area contributed by atoms with Gasteiger partial charge in [0.2, 0.25) is 0 Å². The van der Waals surface area contributed by atoms with E-state index in [-0.39, 0.29) is 0 Å². The fourth-order valence-electron chi connectivity index (χ4n) is 2.65. The van der Waals surface area contributed by atoms with Crippen molar-refractivity contribution in [2.75, 3.05) is 18.1 Å². The molecule has 2 atom stereocenters. The summed E-state index contributed by atoms with van der Waals surface area (Å²) in [6.45, 7) is 3.14. The maximum atomic E-state index is 10.3. The van der Waals surface area contributed by atoms with Crippen LogP contribution in [0.1, 0.15) is 39.0 Å². The largest absolute Gasteiger partial charge is 0.389 e. The van der Waals surface area contributed by atoms with E-state index in [1.165, 1.54) is 19.3 Å². The molecule has 3 heteroatoms. The highest BCUT2D eigenvalue weighted by Crippen LogP contribution is 2.28. The molecule has 0 radical (unpaired) electrons. The van der Waals surface area contributed by atoms with Crippen molar-refractivity contribution in [2.45, 2.75) is 50.7 Å². The summed E-state index contributed by atoms with van der Waals surface area (Å²) < 4.78 is 0. The summed E-state index contributed by atoms with van der Waals surface area (Å²) in [5, 5.41) is 13.9. The van der Waals surface area contributed by atoms with Gasteiger partial charge >= 0.3 is 0 Å². The molecule has 2 unspecified atom stereocenters. The van der Waals surface area contributed by atoms with Gasteiger partial charge in [-0.15, -0.1) is 0 Å². The van der Waals surface area contributed by atoms with Crippen LogP contribution in [0.2, 0.25) is 0 Å². The molecule has 0 aromatic carbocycles. The highest BCUT2D eigenvalue weighted by molar-refractivity contribution is 7.99. The Kier molecular flexibility index (Phi) is 3.97. The van der Waals surface area contributed by atoms with E-state index >= 15 is 0 Å². The summed E-state index contributed by atoms with van der Waals surface area (Å²) in [4.78, 5) is 0. The molecule has 2 nitrogen and oxygen atoms in total. The summed E-state index contributed by atoms with van der Waals surface area (Å²) in [6.07, 6.45) is 5.88. The monoisotopic (exact) mass is 229 g/mol. The summed E-state index contributed by atoms with van der Waals surface area (Å²) in [6, 6.07) is 0.665. The highest BCUT2D eigenvalue weighted by Gasteiger charge is 2.31. The molecular weight excluding hydrogens is 206 g/mol. The number of hydrogen-bond donors (Lipinski definition) is 2. The number of aliphatic hydroxyl groups is 1. The lowest BCUT2D eigenvalue weighted by Crippen LogP contribution is -2.46. The fraction of sp³-hybridized carbons (Fsp3) is 1.00. The molecule has 15 heavy (non-hydrogen) atoms. The maximum absolute atomic E-state index is 10.3. The van der Waals surface area contributed by atoms with E-state index in [2.05, 4.69) is 12.2 Å². The van der Waals surface area contributed by atoms with Gasteiger partial charge in [0, 0.05) is 12.6 Å². The first-order chi connectivity index (χ1) is 7.18. The standard InChI is InChI=1S/C12H23NOS/c1-10-2-3-11(8-10)13-9-12(14)4-6-15-7-5-12/h10-11,13-14H,2-9H2,1H3. The van der Waals surface area contributed by atoms with Crippen LogP contribution in [0.5, 0.6) is 0 Å². The predicted molar refractivity (Wildman–Crippen MR) is 66.3 cm³/mol. The average Bonchev–Trinajstić information content (AvgIpc) is 2.63. The molecule has 0 aromatic rings. The summed E-state index contributed by atoms with van der Waals surface area (Å²) in [7, 11) is 0. The van der Waals surface area contributed by atoms with Crippen molar-refractivity contribution in [3.8, 4) is 0 Å². The SMILES string of the molecule is CC1CCC(NCC2(O)CCSCC2)C1. The van der Waals surface area contributed by atoms with Crippen LogP contribution in [-0.2, 0) is 0 Å². The minimum atomic E-state index is -0.406. The molecule has 0 amide bonds. The Morgan fingerprint density at radius 3 is 2.67 bits per heavy atom. The van der Waals surface area contributed by atoms with Crippen molar-refractivity contribution in [3.63, 3.8) is 0 Å². The molecule has 1 aliphatic heterocycles. The van der Waals surface area contributed by atoms with E-state index in [4.69, 9.17) is 0 Å². The van der Waals surface area contributed by atoms with Gasteiger partial charge in [-0.25, -0.2) is 0 Å². The van der Waals surface area contributed by atoms with Crippen LogP contribution >= 0.6 is 11.8 Å². The third kappa shape index (κ3) is 3.36. The number of nitrogens with one attached hydrogen (secondary N) is 1. The number of hydrogen-bond acceptors (Lipinski definition) is 3. The zero-order valence-corrected chi connectivity index (χ0v) is 10.5. The first-order valence-corrected chi connectivity index (χ1v) is 7.37. The lowest BCUT2D eigenvalue weighted by Gasteiger charge is -2.33. The Bertz CT molecular complexity index is 204. The van der Waals surface area contributed by atoms with Gasteiger partial charge < -0.3 is 10.4 Å². The van der Waals surface area contributed by atoms with Crippen LogP contribution in [0.15, 0.2) is 0 Å². The third-order valence-electron chi connectivity index (χ3n) is 3.84. The lowest BCUT2D eigenvalue weighted by atomic mass is 9.96. The van der Waals surface area contributed by atoms with Crippen LogP contribution in [0.25, 0.3) is 0 Å². The molecule has 0 bridgehead atoms. The van der Waals surface area contributed by atoms with E-state index in [1.54, 1.807) is 0 Å². The zero-order valence-electron chi connectivity index (χ0n) is 9.67. The van der Waals surface area contributed by atoms with E-state index in [1.807, 2.05) is 11.8 Å². The first kappa shape index (κ1) is 11.7. The molecule has 0 spiro atoms. The Morgan fingerprint density at radius 1 is 1.33 bits per heavy atom. The van der Waals surface area contributed by atoms with Crippen LogP contribution in [0.4, 0.5) is 0 Å². The first-order valence-electron chi connectivity index (χ1n) is 6.21. The van der Waals surface area contributed by atoms with Gasteiger partial charge in [0.05, 0.1) is 5.60 Å². The highest BCUT2D eigenvalue weighted by atomic mass is 32.2. The summed E-state index contributed by atoms with van der Waals surface area (Å²) in [5.41, 5.74) is -0.406.